The Morgan fingerprint density at radius 1 is 1.08 bits per heavy atom. The van der Waals surface area contributed by atoms with Crippen molar-refractivity contribution in [3.05, 3.63) is 99.9 Å². The maximum absolute atomic E-state index is 13.2. The number of thioether (sulfide) groups is 1. The smallest absolute Gasteiger partial charge is 0.294 e. The lowest BCUT2D eigenvalue weighted by Crippen LogP contribution is -2.42. The number of hydrogen-bond donors (Lipinski definition) is 3. The average molecular weight is 548 g/mol. The monoisotopic (exact) mass is 547 g/mol. The number of Topliss-reactive ketones (excluding diaryl/α,β-unsaturated/α-hetero) is 1. The summed E-state index contributed by atoms with van der Waals surface area (Å²) in [5, 5.41) is 22.6. The molecular weight excluding hydrogens is 516 g/mol. The molecule has 1 unspecified atom stereocenters. The molecule has 0 aliphatic rings. The van der Waals surface area contributed by atoms with Crippen molar-refractivity contribution in [2.24, 2.45) is 0 Å². The number of ketones is 1. The number of hydrogen-bond acceptors (Lipinski definition) is 8. The number of carbonyl (C=O) groups excluding carboxylic acids is 2. The maximum atomic E-state index is 13.2. The zero-order chi connectivity index (χ0) is 28.0. The zero-order valence-electron chi connectivity index (χ0n) is 21.6. The summed E-state index contributed by atoms with van der Waals surface area (Å²) >= 11 is 1.46. The second-order valence-electron chi connectivity index (χ2n) is 8.66. The van der Waals surface area contributed by atoms with E-state index < -0.39 is 17.5 Å². The minimum absolute atomic E-state index is 0.0445. The highest BCUT2D eigenvalue weighted by molar-refractivity contribution is 7.99. The highest BCUT2D eigenvalue weighted by Gasteiger charge is 2.24. The first kappa shape index (κ1) is 29.5. The van der Waals surface area contributed by atoms with Crippen LogP contribution in [-0.2, 0) is 26.7 Å². The third-order valence-electron chi connectivity index (χ3n) is 5.58. The molecule has 3 rings (SSSR count). The molecule has 0 radical (unpaired) electrons. The van der Waals surface area contributed by atoms with Crippen molar-refractivity contribution in [3.63, 3.8) is 0 Å². The molecule has 39 heavy (non-hydrogen) atoms. The number of amides is 1. The predicted molar refractivity (Wildman–Crippen MR) is 155 cm³/mol. The van der Waals surface area contributed by atoms with Crippen molar-refractivity contribution < 1.29 is 14.3 Å². The summed E-state index contributed by atoms with van der Waals surface area (Å²) in [5.41, 5.74) is 1.12. The van der Waals surface area contributed by atoms with E-state index in [4.69, 9.17) is 10.1 Å². The van der Waals surface area contributed by atoms with Crippen molar-refractivity contribution in [2.45, 2.75) is 25.3 Å². The van der Waals surface area contributed by atoms with Crippen LogP contribution in [0.3, 0.4) is 0 Å². The lowest BCUT2D eigenvalue weighted by atomic mass is 10.2. The molecule has 0 fully saturated rings. The Morgan fingerprint density at radius 3 is 2.41 bits per heavy atom. The van der Waals surface area contributed by atoms with Crippen LogP contribution in [0.5, 0.6) is 0 Å². The van der Waals surface area contributed by atoms with Gasteiger partial charge in [-0.05, 0) is 18.1 Å². The van der Waals surface area contributed by atoms with Gasteiger partial charge in [-0.25, -0.2) is 4.98 Å². The largest absolute Gasteiger partial charge is 0.805 e. The van der Waals surface area contributed by atoms with Gasteiger partial charge in [0.25, 0.3) is 5.56 Å². The van der Waals surface area contributed by atoms with E-state index in [-0.39, 0.29) is 55.1 Å². The SMILES string of the molecule is CC(=N)C(=[N-])CNc1nccn(C(COCc2ccccc2)C(=O)NCC(=O)CSCc2ccccc2)c1=O. The van der Waals surface area contributed by atoms with Crippen LogP contribution in [0.2, 0.25) is 0 Å². The Morgan fingerprint density at radius 2 is 1.74 bits per heavy atom. The van der Waals surface area contributed by atoms with Crippen molar-refractivity contribution >= 4 is 40.7 Å². The van der Waals surface area contributed by atoms with Gasteiger partial charge in [0.15, 0.2) is 11.6 Å². The molecule has 10 nitrogen and oxygen atoms in total. The fourth-order valence-corrected chi connectivity index (χ4v) is 4.31. The second-order valence-corrected chi connectivity index (χ2v) is 9.65. The number of benzene rings is 2. The summed E-state index contributed by atoms with van der Waals surface area (Å²) in [6, 6.07) is 18.1. The number of rotatable bonds is 16. The van der Waals surface area contributed by atoms with E-state index in [1.54, 1.807) is 0 Å². The second kappa shape index (κ2) is 15.4. The lowest BCUT2D eigenvalue weighted by Gasteiger charge is -2.20. The molecule has 11 heteroatoms. The van der Waals surface area contributed by atoms with Gasteiger partial charge in [-0.3, -0.25) is 19.0 Å². The Hall–Kier alpha value is -4.09. The van der Waals surface area contributed by atoms with E-state index in [2.05, 4.69) is 15.6 Å². The van der Waals surface area contributed by atoms with Gasteiger partial charge in [-0.15, -0.1) is 17.5 Å². The maximum Gasteiger partial charge on any atom is 0.294 e. The Bertz CT molecular complexity index is 1330. The van der Waals surface area contributed by atoms with Crippen molar-refractivity contribution in [3.8, 4) is 0 Å². The van der Waals surface area contributed by atoms with Crippen LogP contribution in [-0.4, -0.2) is 58.1 Å². The molecule has 1 atom stereocenters. The molecule has 0 aliphatic heterocycles. The molecular formula is C28H31N6O4S-. The molecule has 0 aliphatic carbocycles. The van der Waals surface area contributed by atoms with E-state index in [9.17, 15) is 19.8 Å². The van der Waals surface area contributed by atoms with Gasteiger partial charge in [0.1, 0.15) is 6.04 Å². The number of nitrogens with one attached hydrogen (secondary N) is 3. The summed E-state index contributed by atoms with van der Waals surface area (Å²) < 4.78 is 6.96. The molecule has 1 aromatic heterocycles. The van der Waals surface area contributed by atoms with Crippen molar-refractivity contribution in [1.82, 2.24) is 14.9 Å². The minimum atomic E-state index is -1.07. The number of ether oxygens (including phenoxy) is 1. The van der Waals surface area contributed by atoms with Crippen LogP contribution in [0.15, 0.2) is 77.9 Å². The Kier molecular flexibility index (Phi) is 11.6. The minimum Gasteiger partial charge on any atom is -0.805 e. The van der Waals surface area contributed by atoms with Gasteiger partial charge in [-0.1, -0.05) is 60.7 Å². The molecule has 1 amide bonds. The van der Waals surface area contributed by atoms with E-state index in [1.165, 1.54) is 35.6 Å². The third kappa shape index (κ3) is 9.62. The van der Waals surface area contributed by atoms with Gasteiger partial charge in [0.2, 0.25) is 5.91 Å². The topological polar surface area (TPSA) is 148 Å². The highest BCUT2D eigenvalue weighted by atomic mass is 32.2. The van der Waals surface area contributed by atoms with Gasteiger partial charge >= 0.3 is 0 Å². The summed E-state index contributed by atoms with van der Waals surface area (Å²) in [6.07, 6.45) is 2.72. The van der Waals surface area contributed by atoms with E-state index in [0.29, 0.717) is 5.75 Å². The van der Waals surface area contributed by atoms with Crippen LogP contribution in [0, 0.1) is 5.41 Å². The van der Waals surface area contributed by atoms with E-state index in [0.717, 1.165) is 11.1 Å². The summed E-state index contributed by atoms with van der Waals surface area (Å²) in [7, 11) is 0. The van der Waals surface area contributed by atoms with Crippen LogP contribution in [0.4, 0.5) is 5.82 Å². The Labute approximate surface area is 231 Å². The van der Waals surface area contributed by atoms with Gasteiger partial charge < -0.3 is 26.2 Å². The lowest BCUT2D eigenvalue weighted by molar-refractivity contribution is -0.128. The average Bonchev–Trinajstić information content (AvgIpc) is 2.94. The summed E-state index contributed by atoms with van der Waals surface area (Å²) in [5.74, 6) is 0.127. The molecule has 3 aromatic rings. The van der Waals surface area contributed by atoms with E-state index in [1.807, 2.05) is 60.7 Å². The number of carbonyl (C=O) groups is 2. The first-order valence-electron chi connectivity index (χ1n) is 12.3. The standard InChI is InChI=1S/C28H31N6O4S/c1-20(29)24(30)15-32-26-28(37)34(13-12-31-26)25(17-38-16-21-8-4-2-5-9-21)27(36)33-14-23(35)19-39-18-22-10-6-3-7-11-22/h2-13,25,29H,14-19H2,1H3,(H,31,32)(H,33,36)/q-1. The fourth-order valence-electron chi connectivity index (χ4n) is 3.45. The van der Waals surface area contributed by atoms with Crippen LogP contribution >= 0.6 is 11.8 Å². The first-order chi connectivity index (χ1) is 18.8. The highest BCUT2D eigenvalue weighted by Crippen LogP contribution is 2.12. The molecule has 3 N–H and O–H groups in total. The third-order valence-corrected chi connectivity index (χ3v) is 6.65. The van der Waals surface area contributed by atoms with Crippen molar-refractivity contribution in [1.29, 1.82) is 5.41 Å². The molecule has 204 valence electrons. The zero-order valence-corrected chi connectivity index (χ0v) is 22.4. The first-order valence-corrected chi connectivity index (χ1v) is 13.4. The van der Waals surface area contributed by atoms with Crippen LogP contribution < -0.4 is 16.2 Å². The van der Waals surface area contributed by atoms with E-state index >= 15 is 0 Å². The van der Waals surface area contributed by atoms with Gasteiger partial charge in [0, 0.05) is 30.4 Å². The predicted octanol–water partition coefficient (Wildman–Crippen LogP) is 3.08. The van der Waals surface area contributed by atoms with Crippen LogP contribution in [0.25, 0.3) is 5.41 Å². The molecule has 2 aromatic carbocycles. The molecule has 1 heterocycles. The molecule has 0 spiro atoms. The van der Waals surface area contributed by atoms with Gasteiger partial charge in [0.05, 0.1) is 25.5 Å². The fraction of sp³-hybridized carbons (Fsp3) is 0.286. The molecule has 0 bridgehead atoms. The van der Waals surface area contributed by atoms with Crippen LogP contribution in [0.1, 0.15) is 24.1 Å². The number of anilines is 1. The Balaban J connectivity index is 1.66. The quantitative estimate of drug-likeness (QED) is 0.233. The summed E-state index contributed by atoms with van der Waals surface area (Å²) in [4.78, 5) is 42.7. The molecule has 0 saturated heterocycles. The number of nitrogens with zero attached hydrogens (tertiary/aromatic N) is 3. The summed E-state index contributed by atoms with van der Waals surface area (Å²) in [6.45, 7) is 1.17. The number of aromatic nitrogens is 2. The van der Waals surface area contributed by atoms with Gasteiger partial charge in [-0.2, -0.15) is 0 Å². The van der Waals surface area contributed by atoms with Crippen molar-refractivity contribution in [2.75, 3.05) is 30.8 Å². The normalized spacial score (nSPS) is 11.4. The molecule has 0 saturated carbocycles.